The summed E-state index contributed by atoms with van der Waals surface area (Å²) in [5.74, 6) is -0.135. The molecule has 23 heavy (non-hydrogen) atoms. The first-order chi connectivity index (χ1) is 10.8. The van der Waals surface area contributed by atoms with Crippen LogP contribution in [0.3, 0.4) is 0 Å². The molecular weight excluding hydrogens is 311 g/mol. The van der Waals surface area contributed by atoms with E-state index in [4.69, 9.17) is 0 Å². The van der Waals surface area contributed by atoms with Gasteiger partial charge in [-0.1, -0.05) is 0 Å². The third kappa shape index (κ3) is 2.43. The van der Waals surface area contributed by atoms with Gasteiger partial charge in [-0.05, 0) is 30.7 Å². The molecule has 6 nitrogen and oxygen atoms in total. The number of rotatable bonds is 2. The lowest BCUT2D eigenvalue weighted by Crippen LogP contribution is -2.08. The third-order valence-electron chi connectivity index (χ3n) is 3.43. The molecule has 0 amide bonds. The molecule has 0 unspecified atom stereocenters. The van der Waals surface area contributed by atoms with Gasteiger partial charge in [-0.15, -0.1) is 10.2 Å². The summed E-state index contributed by atoms with van der Waals surface area (Å²) in [6.45, 7) is 1.48. The van der Waals surface area contributed by atoms with Gasteiger partial charge in [-0.3, -0.25) is 0 Å². The molecule has 0 fully saturated rings. The number of alkyl halides is 3. The first-order valence-corrected chi connectivity index (χ1v) is 6.62. The standard InChI is InChI=1S/C14H12F3N5O/c1-7-5-8(14(15,16)17)6-10(23)11(7)12-9-3-4-19-22(9)13(18-2)21-20-12/h3-6,23H,1-2H3,(H,18,21). The van der Waals surface area contributed by atoms with Crippen molar-refractivity contribution in [2.75, 3.05) is 12.4 Å². The van der Waals surface area contributed by atoms with Gasteiger partial charge >= 0.3 is 6.18 Å². The molecule has 0 bridgehead atoms. The van der Waals surface area contributed by atoms with Gasteiger partial charge in [0.05, 0.1) is 17.3 Å². The van der Waals surface area contributed by atoms with E-state index >= 15 is 0 Å². The van der Waals surface area contributed by atoms with E-state index in [1.807, 2.05) is 0 Å². The summed E-state index contributed by atoms with van der Waals surface area (Å²) in [5, 5.41) is 24.9. The Labute approximate surface area is 128 Å². The number of nitrogens with zero attached hydrogens (tertiary/aromatic N) is 4. The van der Waals surface area contributed by atoms with Gasteiger partial charge in [0.1, 0.15) is 11.4 Å². The maximum atomic E-state index is 12.8. The van der Waals surface area contributed by atoms with Gasteiger partial charge < -0.3 is 10.4 Å². The molecule has 0 aliphatic rings. The van der Waals surface area contributed by atoms with E-state index in [0.29, 0.717) is 17.5 Å². The van der Waals surface area contributed by atoms with Crippen LogP contribution in [0, 0.1) is 6.92 Å². The van der Waals surface area contributed by atoms with Crippen molar-refractivity contribution < 1.29 is 18.3 Å². The average Bonchev–Trinajstić information content (AvgIpc) is 2.95. The number of nitrogens with one attached hydrogen (secondary N) is 1. The van der Waals surface area contributed by atoms with E-state index in [2.05, 4.69) is 20.6 Å². The number of anilines is 1. The molecule has 120 valence electrons. The van der Waals surface area contributed by atoms with E-state index in [1.54, 1.807) is 13.1 Å². The van der Waals surface area contributed by atoms with Crippen molar-refractivity contribution >= 4 is 11.5 Å². The van der Waals surface area contributed by atoms with Crippen molar-refractivity contribution in [1.82, 2.24) is 19.8 Å². The number of fused-ring (bicyclic) bond motifs is 1. The topological polar surface area (TPSA) is 75.3 Å². The Bertz CT molecular complexity index is 865. The highest BCUT2D eigenvalue weighted by molar-refractivity contribution is 5.83. The van der Waals surface area contributed by atoms with Gasteiger partial charge in [-0.25, -0.2) is 0 Å². The Hall–Kier alpha value is -2.84. The number of benzene rings is 1. The molecule has 2 N–H and O–H groups in total. The van der Waals surface area contributed by atoms with Crippen molar-refractivity contribution in [3.05, 3.63) is 35.5 Å². The Morgan fingerprint density at radius 3 is 2.57 bits per heavy atom. The summed E-state index contributed by atoms with van der Waals surface area (Å²) in [5.41, 5.74) is 0.291. The van der Waals surface area contributed by atoms with E-state index in [9.17, 15) is 18.3 Å². The van der Waals surface area contributed by atoms with Crippen molar-refractivity contribution in [2.24, 2.45) is 0 Å². The van der Waals surface area contributed by atoms with Crippen molar-refractivity contribution in [2.45, 2.75) is 13.1 Å². The molecule has 9 heteroatoms. The molecule has 0 spiro atoms. The number of aryl methyl sites for hydroxylation is 1. The van der Waals surface area contributed by atoms with Crippen molar-refractivity contribution in [1.29, 1.82) is 0 Å². The van der Waals surface area contributed by atoms with Crippen LogP contribution in [0.2, 0.25) is 0 Å². The van der Waals surface area contributed by atoms with Crippen LogP contribution in [0.4, 0.5) is 19.1 Å². The zero-order valence-electron chi connectivity index (χ0n) is 12.2. The maximum Gasteiger partial charge on any atom is 0.416 e. The second-order valence-corrected chi connectivity index (χ2v) is 4.94. The smallest absolute Gasteiger partial charge is 0.416 e. The van der Waals surface area contributed by atoms with Crippen LogP contribution in [-0.4, -0.2) is 32.0 Å². The lowest BCUT2D eigenvalue weighted by molar-refractivity contribution is -0.137. The highest BCUT2D eigenvalue weighted by Crippen LogP contribution is 2.39. The minimum absolute atomic E-state index is 0.193. The van der Waals surface area contributed by atoms with E-state index < -0.39 is 17.5 Å². The molecule has 0 saturated heterocycles. The highest BCUT2D eigenvalue weighted by Gasteiger charge is 2.32. The van der Waals surface area contributed by atoms with E-state index in [-0.39, 0.29) is 16.8 Å². The summed E-state index contributed by atoms with van der Waals surface area (Å²) >= 11 is 0. The normalized spacial score (nSPS) is 11.9. The van der Waals surface area contributed by atoms with Crippen molar-refractivity contribution in [3.63, 3.8) is 0 Å². The number of aromatic hydroxyl groups is 1. The molecule has 2 heterocycles. The molecular formula is C14H12F3N5O. The average molecular weight is 323 g/mol. The molecule has 0 aliphatic carbocycles. The molecule has 3 rings (SSSR count). The molecule has 1 aromatic carbocycles. The number of phenolic OH excluding ortho intramolecular Hbond substituents is 1. The first kappa shape index (κ1) is 15.1. The highest BCUT2D eigenvalue weighted by atomic mass is 19.4. The van der Waals surface area contributed by atoms with Crippen LogP contribution < -0.4 is 5.32 Å². The lowest BCUT2D eigenvalue weighted by atomic mass is 10.00. The van der Waals surface area contributed by atoms with E-state index in [1.165, 1.54) is 17.6 Å². The van der Waals surface area contributed by atoms with Crippen LogP contribution in [0.25, 0.3) is 16.8 Å². The van der Waals surface area contributed by atoms with Gasteiger partial charge in [0, 0.05) is 12.6 Å². The number of hydrogen-bond donors (Lipinski definition) is 2. The SMILES string of the molecule is CNc1nnc(-c2c(C)cc(C(F)(F)F)cc2O)c2ccnn12. The van der Waals surface area contributed by atoms with E-state index in [0.717, 1.165) is 6.07 Å². The fourth-order valence-corrected chi connectivity index (χ4v) is 2.42. The van der Waals surface area contributed by atoms with Crippen LogP contribution in [0.1, 0.15) is 11.1 Å². The van der Waals surface area contributed by atoms with Crippen molar-refractivity contribution in [3.8, 4) is 17.0 Å². The Morgan fingerprint density at radius 2 is 1.96 bits per heavy atom. The number of hydrogen-bond acceptors (Lipinski definition) is 5. The quantitative estimate of drug-likeness (QED) is 0.758. The molecule has 0 radical (unpaired) electrons. The molecule has 0 saturated carbocycles. The summed E-state index contributed by atoms with van der Waals surface area (Å²) < 4.78 is 39.9. The van der Waals surface area contributed by atoms with Crippen LogP contribution in [0.5, 0.6) is 5.75 Å². The lowest BCUT2D eigenvalue weighted by Gasteiger charge is -2.14. The first-order valence-electron chi connectivity index (χ1n) is 6.62. The zero-order chi connectivity index (χ0) is 16.8. The predicted molar refractivity (Wildman–Crippen MR) is 77.2 cm³/mol. The summed E-state index contributed by atoms with van der Waals surface area (Å²) in [4.78, 5) is 0. The van der Waals surface area contributed by atoms with Gasteiger partial charge in [0.15, 0.2) is 0 Å². The Kier molecular flexibility index (Phi) is 3.35. The summed E-state index contributed by atoms with van der Waals surface area (Å²) in [7, 11) is 1.64. The fraction of sp³-hybridized carbons (Fsp3) is 0.214. The zero-order valence-corrected chi connectivity index (χ0v) is 12.2. The summed E-state index contributed by atoms with van der Waals surface area (Å²) in [6, 6.07) is 3.29. The van der Waals surface area contributed by atoms with Crippen LogP contribution in [-0.2, 0) is 6.18 Å². The molecule has 0 aliphatic heterocycles. The maximum absolute atomic E-state index is 12.8. The number of phenols is 1. The monoisotopic (exact) mass is 323 g/mol. The van der Waals surface area contributed by atoms with Gasteiger partial charge in [0.25, 0.3) is 0 Å². The van der Waals surface area contributed by atoms with Gasteiger partial charge in [0.2, 0.25) is 5.95 Å². The Balaban J connectivity index is 2.26. The van der Waals surface area contributed by atoms with Gasteiger partial charge in [-0.2, -0.15) is 22.8 Å². The number of aromatic nitrogens is 4. The second kappa shape index (κ2) is 5.11. The Morgan fingerprint density at radius 1 is 1.22 bits per heavy atom. The fourth-order valence-electron chi connectivity index (χ4n) is 2.42. The predicted octanol–water partition coefficient (Wildman–Crippen LogP) is 2.87. The van der Waals surface area contributed by atoms with Crippen LogP contribution in [0.15, 0.2) is 24.4 Å². The largest absolute Gasteiger partial charge is 0.507 e. The molecule has 0 atom stereocenters. The third-order valence-corrected chi connectivity index (χ3v) is 3.43. The number of halogens is 3. The summed E-state index contributed by atoms with van der Waals surface area (Å²) in [6.07, 6.45) is -3.02. The minimum atomic E-state index is -4.53. The van der Waals surface area contributed by atoms with Crippen LogP contribution >= 0.6 is 0 Å². The molecule has 2 aromatic heterocycles. The molecule has 3 aromatic rings. The minimum Gasteiger partial charge on any atom is -0.507 e. The second-order valence-electron chi connectivity index (χ2n) is 4.94.